The molecule has 1 unspecified atom stereocenters. The van der Waals surface area contributed by atoms with Gasteiger partial charge in [0.2, 0.25) is 15.7 Å². The van der Waals surface area contributed by atoms with Gasteiger partial charge in [0.25, 0.3) is 5.91 Å². The maximum absolute atomic E-state index is 15.2. The Morgan fingerprint density at radius 3 is 2.74 bits per heavy atom. The van der Waals surface area contributed by atoms with Crippen molar-refractivity contribution in [2.45, 2.75) is 30.0 Å². The number of benzene rings is 1. The zero-order chi connectivity index (χ0) is 19.5. The molecule has 1 aliphatic heterocycles. The van der Waals surface area contributed by atoms with Gasteiger partial charge >= 0.3 is 0 Å². The van der Waals surface area contributed by atoms with Crippen molar-refractivity contribution in [3.05, 3.63) is 60.2 Å². The number of nitrogens with one attached hydrogen (secondary N) is 1. The Balaban J connectivity index is 1.74. The average molecular weight is 395 g/mol. The third kappa shape index (κ3) is 4.14. The van der Waals surface area contributed by atoms with Crippen LogP contribution in [0, 0.1) is 5.82 Å². The van der Waals surface area contributed by atoms with Crippen molar-refractivity contribution in [1.82, 2.24) is 14.6 Å². The van der Waals surface area contributed by atoms with Crippen LogP contribution in [0.3, 0.4) is 0 Å². The molecule has 0 saturated carbocycles. The van der Waals surface area contributed by atoms with Crippen LogP contribution in [0.2, 0.25) is 0 Å². The minimum atomic E-state index is -4.24. The van der Waals surface area contributed by atoms with Crippen molar-refractivity contribution < 1.29 is 22.0 Å². The summed E-state index contributed by atoms with van der Waals surface area (Å²) in [6.45, 7) is -0.542. The Morgan fingerprint density at radius 2 is 2.04 bits per heavy atom. The molecule has 2 heterocycles. The minimum absolute atomic E-state index is 0.0260. The number of pyridine rings is 1. The second-order valence-electron chi connectivity index (χ2n) is 6.38. The van der Waals surface area contributed by atoms with Crippen molar-refractivity contribution in [2.75, 3.05) is 13.1 Å². The first kappa shape index (κ1) is 19.4. The number of piperidine rings is 1. The molecule has 1 saturated heterocycles. The molecule has 3 rings (SSSR count). The molecule has 1 atom stereocenters. The standard InChI is InChI=1S/C18H19F2N3O3S/c19-15-6-1-2-7-16(15)27(25,26)23-10-4-8-18(20,13-23)17(24)22-12-14-5-3-9-21-11-14/h1-3,5-7,9,11H,4,8,10,12-13H2,(H,22,24). The quantitative estimate of drug-likeness (QED) is 0.840. The minimum Gasteiger partial charge on any atom is -0.349 e. The monoisotopic (exact) mass is 395 g/mol. The van der Waals surface area contributed by atoms with Gasteiger partial charge in [-0.15, -0.1) is 0 Å². The van der Waals surface area contributed by atoms with Crippen LogP contribution < -0.4 is 5.32 Å². The Labute approximate surface area is 156 Å². The van der Waals surface area contributed by atoms with E-state index in [-0.39, 0.29) is 25.9 Å². The summed E-state index contributed by atoms with van der Waals surface area (Å²) < 4.78 is 55.3. The van der Waals surface area contributed by atoms with Gasteiger partial charge in [0, 0.05) is 25.5 Å². The summed E-state index contributed by atoms with van der Waals surface area (Å²) >= 11 is 0. The second kappa shape index (κ2) is 7.69. The summed E-state index contributed by atoms with van der Waals surface area (Å²) in [6.07, 6.45) is 3.18. The number of alkyl halides is 1. The number of halogens is 2. The fourth-order valence-electron chi connectivity index (χ4n) is 3.00. The van der Waals surface area contributed by atoms with E-state index < -0.39 is 38.9 Å². The lowest BCUT2D eigenvalue weighted by molar-refractivity contribution is -0.135. The van der Waals surface area contributed by atoms with Crippen LogP contribution >= 0.6 is 0 Å². The predicted octanol–water partition coefficient (Wildman–Crippen LogP) is 2.03. The summed E-state index contributed by atoms with van der Waals surface area (Å²) in [5.41, 5.74) is -1.68. The Bertz CT molecular complexity index is 924. The van der Waals surface area contributed by atoms with Gasteiger partial charge in [-0.05, 0) is 36.6 Å². The number of sulfonamides is 1. The largest absolute Gasteiger partial charge is 0.349 e. The first-order chi connectivity index (χ1) is 12.8. The van der Waals surface area contributed by atoms with E-state index in [1.54, 1.807) is 24.5 Å². The summed E-state index contributed by atoms with van der Waals surface area (Å²) in [5, 5.41) is 2.48. The maximum Gasteiger partial charge on any atom is 0.259 e. The van der Waals surface area contributed by atoms with Crippen LogP contribution in [0.25, 0.3) is 0 Å². The summed E-state index contributed by atoms with van der Waals surface area (Å²) in [4.78, 5) is 15.8. The molecule has 1 N–H and O–H groups in total. The summed E-state index contributed by atoms with van der Waals surface area (Å²) in [7, 11) is -4.24. The Kier molecular flexibility index (Phi) is 5.52. The molecular weight excluding hydrogens is 376 g/mol. The molecule has 1 aliphatic rings. The van der Waals surface area contributed by atoms with Crippen LogP contribution in [0.4, 0.5) is 8.78 Å². The van der Waals surface area contributed by atoms with Gasteiger partial charge in [-0.3, -0.25) is 9.78 Å². The number of nitrogens with zero attached hydrogens (tertiary/aromatic N) is 2. The third-order valence-corrected chi connectivity index (χ3v) is 6.32. The number of amides is 1. The van der Waals surface area contributed by atoms with Crippen LogP contribution in [0.1, 0.15) is 18.4 Å². The van der Waals surface area contributed by atoms with Crippen molar-refractivity contribution >= 4 is 15.9 Å². The van der Waals surface area contributed by atoms with Gasteiger partial charge < -0.3 is 5.32 Å². The van der Waals surface area contributed by atoms with E-state index >= 15 is 4.39 Å². The van der Waals surface area contributed by atoms with E-state index in [9.17, 15) is 17.6 Å². The molecular formula is C18H19F2N3O3S. The van der Waals surface area contributed by atoms with Crippen molar-refractivity contribution in [3.8, 4) is 0 Å². The maximum atomic E-state index is 15.2. The molecule has 1 amide bonds. The van der Waals surface area contributed by atoms with Gasteiger partial charge in [-0.25, -0.2) is 17.2 Å². The van der Waals surface area contributed by atoms with Crippen molar-refractivity contribution in [2.24, 2.45) is 0 Å². The lowest BCUT2D eigenvalue weighted by Gasteiger charge is -2.35. The molecule has 1 aromatic heterocycles. The van der Waals surface area contributed by atoms with Gasteiger partial charge in [0.1, 0.15) is 10.7 Å². The number of carbonyl (C=O) groups is 1. The van der Waals surface area contributed by atoms with Crippen LogP contribution in [0.15, 0.2) is 53.7 Å². The number of aromatic nitrogens is 1. The molecule has 2 aromatic rings. The molecule has 0 spiro atoms. The van der Waals surface area contributed by atoms with Crippen LogP contribution in [-0.2, 0) is 21.4 Å². The molecule has 144 valence electrons. The van der Waals surface area contributed by atoms with Crippen molar-refractivity contribution in [3.63, 3.8) is 0 Å². The van der Waals surface area contributed by atoms with E-state index in [1.807, 2.05) is 0 Å². The first-order valence-electron chi connectivity index (χ1n) is 8.44. The van der Waals surface area contributed by atoms with Gasteiger partial charge in [0.05, 0.1) is 6.54 Å². The molecule has 0 bridgehead atoms. The fraction of sp³-hybridized carbons (Fsp3) is 0.333. The zero-order valence-electron chi connectivity index (χ0n) is 14.4. The SMILES string of the molecule is O=C(NCc1cccnc1)C1(F)CCCN(S(=O)(=O)c2ccccc2F)C1. The molecule has 27 heavy (non-hydrogen) atoms. The second-order valence-corrected chi connectivity index (χ2v) is 8.29. The number of hydrogen-bond acceptors (Lipinski definition) is 4. The van der Waals surface area contributed by atoms with E-state index in [4.69, 9.17) is 0 Å². The first-order valence-corrected chi connectivity index (χ1v) is 9.88. The average Bonchev–Trinajstić information content (AvgIpc) is 2.67. The van der Waals surface area contributed by atoms with Crippen molar-refractivity contribution in [1.29, 1.82) is 0 Å². The number of hydrogen-bond donors (Lipinski definition) is 1. The highest BCUT2D eigenvalue weighted by Gasteiger charge is 2.46. The highest BCUT2D eigenvalue weighted by atomic mass is 32.2. The lowest BCUT2D eigenvalue weighted by Crippen LogP contribution is -2.55. The van der Waals surface area contributed by atoms with E-state index in [0.29, 0.717) is 5.56 Å². The van der Waals surface area contributed by atoms with Gasteiger partial charge in [-0.2, -0.15) is 4.31 Å². The molecule has 1 aromatic carbocycles. The van der Waals surface area contributed by atoms with E-state index in [0.717, 1.165) is 16.4 Å². The normalized spacial score (nSPS) is 21.0. The van der Waals surface area contributed by atoms with Crippen LogP contribution in [-0.4, -0.2) is 42.4 Å². The van der Waals surface area contributed by atoms with Gasteiger partial charge in [-0.1, -0.05) is 18.2 Å². The summed E-state index contributed by atoms with van der Waals surface area (Å²) in [6, 6.07) is 8.34. The van der Waals surface area contributed by atoms with E-state index in [2.05, 4.69) is 10.3 Å². The molecule has 0 aliphatic carbocycles. The zero-order valence-corrected chi connectivity index (χ0v) is 15.3. The molecule has 1 fully saturated rings. The molecule has 6 nitrogen and oxygen atoms in total. The number of carbonyl (C=O) groups excluding carboxylic acids is 1. The topological polar surface area (TPSA) is 79.4 Å². The third-order valence-electron chi connectivity index (χ3n) is 4.44. The lowest BCUT2D eigenvalue weighted by atomic mass is 9.95. The number of rotatable bonds is 5. The predicted molar refractivity (Wildman–Crippen MR) is 94.3 cm³/mol. The van der Waals surface area contributed by atoms with Crippen LogP contribution in [0.5, 0.6) is 0 Å². The summed E-state index contributed by atoms with van der Waals surface area (Å²) in [5.74, 6) is -1.80. The van der Waals surface area contributed by atoms with Gasteiger partial charge in [0.15, 0.2) is 0 Å². The Hall–Kier alpha value is -2.39. The Morgan fingerprint density at radius 1 is 1.26 bits per heavy atom. The molecule has 9 heteroatoms. The molecule has 0 radical (unpaired) electrons. The highest BCUT2D eigenvalue weighted by Crippen LogP contribution is 2.30. The van der Waals surface area contributed by atoms with E-state index in [1.165, 1.54) is 12.1 Å². The highest BCUT2D eigenvalue weighted by molar-refractivity contribution is 7.89. The fourth-order valence-corrected chi connectivity index (χ4v) is 4.59. The smallest absolute Gasteiger partial charge is 0.259 e.